The quantitative estimate of drug-likeness (QED) is 0.116. The predicted octanol–water partition coefficient (Wildman–Crippen LogP) is 7.29. The van der Waals surface area contributed by atoms with Gasteiger partial charge in [-0.15, -0.1) is 0 Å². The Hall–Kier alpha value is -5.10. The molecule has 0 bridgehead atoms. The van der Waals surface area contributed by atoms with Crippen LogP contribution in [-0.4, -0.2) is 25.5 Å². The third kappa shape index (κ3) is 6.13. The second-order valence-electron chi connectivity index (χ2n) is 8.48. The third-order valence-corrected chi connectivity index (χ3v) is 5.70. The van der Waals surface area contributed by atoms with E-state index in [1.54, 1.807) is 12.1 Å². The van der Waals surface area contributed by atoms with E-state index in [1.807, 2.05) is 78.9 Å². The molecule has 186 valence electrons. The van der Waals surface area contributed by atoms with Gasteiger partial charge in [0.1, 0.15) is 5.75 Å². The van der Waals surface area contributed by atoms with Crippen molar-refractivity contribution in [3.63, 3.8) is 0 Å². The lowest BCUT2D eigenvalue weighted by Crippen LogP contribution is -1.91. The zero-order valence-corrected chi connectivity index (χ0v) is 20.1. The van der Waals surface area contributed by atoms with E-state index in [2.05, 4.69) is 24.4 Å². The summed E-state index contributed by atoms with van der Waals surface area (Å²) in [5, 5.41) is 50.4. The highest BCUT2D eigenvalue weighted by Crippen LogP contribution is 2.47. The number of phenols is 5. The first kappa shape index (κ1) is 25.0. The van der Waals surface area contributed by atoms with E-state index in [0.29, 0.717) is 11.4 Å². The lowest BCUT2D eigenvalue weighted by Gasteiger charge is -2.12. The average Bonchev–Trinajstić information content (AvgIpc) is 2.92. The molecule has 0 aromatic heterocycles. The number of hydrogen-bond donors (Lipinski definition) is 6. The van der Waals surface area contributed by atoms with Gasteiger partial charge in [0.05, 0.1) is 5.69 Å². The topological polar surface area (TPSA) is 113 Å². The Bertz CT molecular complexity index is 1460. The Labute approximate surface area is 215 Å². The first-order chi connectivity index (χ1) is 17.8. The van der Waals surface area contributed by atoms with Crippen LogP contribution in [0.1, 0.15) is 5.56 Å². The van der Waals surface area contributed by atoms with Gasteiger partial charge in [0.2, 0.25) is 11.5 Å². The van der Waals surface area contributed by atoms with E-state index in [9.17, 15) is 25.5 Å². The molecule has 5 rings (SSSR count). The molecule has 0 saturated carbocycles. The van der Waals surface area contributed by atoms with E-state index >= 15 is 0 Å². The average molecular weight is 494 g/mol. The molecule has 0 fully saturated rings. The molecule has 6 heteroatoms. The molecule has 0 aliphatic carbocycles. The van der Waals surface area contributed by atoms with Crippen molar-refractivity contribution < 1.29 is 25.5 Å². The molecule has 0 radical (unpaired) electrons. The highest BCUT2D eigenvalue weighted by molar-refractivity contribution is 5.76. The first-order valence-electron chi connectivity index (χ1n) is 11.6. The van der Waals surface area contributed by atoms with E-state index in [-0.39, 0.29) is 5.69 Å². The van der Waals surface area contributed by atoms with Crippen molar-refractivity contribution in [1.82, 2.24) is 0 Å². The monoisotopic (exact) mass is 493 g/mol. The molecule has 0 saturated heterocycles. The number of rotatable bonds is 4. The Kier molecular flexibility index (Phi) is 7.50. The summed E-state index contributed by atoms with van der Waals surface area (Å²) in [6, 6.07) is 34.0. The predicted molar refractivity (Wildman–Crippen MR) is 147 cm³/mol. The van der Waals surface area contributed by atoms with Crippen LogP contribution >= 0.6 is 0 Å². The highest BCUT2D eigenvalue weighted by atomic mass is 16.3. The van der Waals surface area contributed by atoms with Crippen molar-refractivity contribution in [3.05, 3.63) is 115 Å². The fourth-order valence-electron chi connectivity index (χ4n) is 3.77. The van der Waals surface area contributed by atoms with Gasteiger partial charge in [-0.05, 0) is 53.4 Å². The normalized spacial score (nSPS) is 10.3. The van der Waals surface area contributed by atoms with E-state index < -0.39 is 23.0 Å². The summed E-state index contributed by atoms with van der Waals surface area (Å²) in [5.74, 6) is -2.28. The van der Waals surface area contributed by atoms with Gasteiger partial charge >= 0.3 is 0 Å². The van der Waals surface area contributed by atoms with Gasteiger partial charge in [0.15, 0.2) is 11.5 Å². The Balaban J connectivity index is 0.000000195. The van der Waals surface area contributed by atoms with Crippen LogP contribution in [0.4, 0.5) is 11.4 Å². The van der Waals surface area contributed by atoms with E-state index in [4.69, 9.17) is 0 Å². The fraction of sp³-hybridized carbons (Fsp3) is 0.0323. The summed E-state index contributed by atoms with van der Waals surface area (Å²) < 4.78 is 0. The second-order valence-corrected chi connectivity index (χ2v) is 8.48. The molecule has 5 aromatic carbocycles. The lowest BCUT2D eigenvalue weighted by molar-refractivity contribution is 0.347. The molecule has 6 N–H and O–H groups in total. The van der Waals surface area contributed by atoms with Gasteiger partial charge < -0.3 is 30.8 Å². The van der Waals surface area contributed by atoms with E-state index in [1.165, 1.54) is 5.56 Å². The molecule has 0 aliphatic rings. The van der Waals surface area contributed by atoms with Crippen LogP contribution in [0.3, 0.4) is 0 Å². The first-order valence-corrected chi connectivity index (χ1v) is 11.6. The molecule has 0 aliphatic heterocycles. The van der Waals surface area contributed by atoms with Crippen LogP contribution < -0.4 is 5.32 Å². The molecule has 0 amide bonds. The maximum absolute atomic E-state index is 9.81. The number of benzene rings is 5. The van der Waals surface area contributed by atoms with Crippen LogP contribution in [0.2, 0.25) is 0 Å². The van der Waals surface area contributed by atoms with Gasteiger partial charge in [-0.2, -0.15) is 0 Å². The maximum Gasteiger partial charge on any atom is 0.206 e. The van der Waals surface area contributed by atoms with Gasteiger partial charge in [-0.1, -0.05) is 84.4 Å². The molecule has 6 nitrogen and oxygen atoms in total. The summed E-state index contributed by atoms with van der Waals surface area (Å²) in [7, 11) is 0. The summed E-state index contributed by atoms with van der Waals surface area (Å²) >= 11 is 0. The second kappa shape index (κ2) is 11.1. The smallest absolute Gasteiger partial charge is 0.206 e. The summed E-state index contributed by atoms with van der Waals surface area (Å²) in [4.78, 5) is 0. The number of anilines is 2. The van der Waals surface area contributed by atoms with Gasteiger partial charge in [0.25, 0.3) is 0 Å². The molecule has 0 heterocycles. The van der Waals surface area contributed by atoms with Crippen LogP contribution in [0, 0.1) is 6.92 Å². The summed E-state index contributed by atoms with van der Waals surface area (Å²) in [6.45, 7) is 2.06. The number of hydrogen-bond acceptors (Lipinski definition) is 6. The maximum atomic E-state index is 9.81. The molecular weight excluding hydrogens is 466 g/mol. The zero-order valence-electron chi connectivity index (χ0n) is 20.1. The van der Waals surface area contributed by atoms with Crippen LogP contribution in [0.15, 0.2) is 109 Å². The van der Waals surface area contributed by atoms with Crippen molar-refractivity contribution in [3.8, 4) is 51.0 Å². The molecule has 37 heavy (non-hydrogen) atoms. The van der Waals surface area contributed by atoms with Crippen molar-refractivity contribution in [2.75, 3.05) is 5.32 Å². The highest BCUT2D eigenvalue weighted by Gasteiger charge is 2.16. The molecule has 5 aromatic rings. The minimum atomic E-state index is -0.770. The lowest BCUT2D eigenvalue weighted by atomic mass is 10.0. The van der Waals surface area contributed by atoms with Crippen LogP contribution in [0.5, 0.6) is 28.7 Å². The summed E-state index contributed by atoms with van der Waals surface area (Å²) in [5.41, 5.74) is 6.29. The Morgan fingerprint density at radius 3 is 1.73 bits per heavy atom. The van der Waals surface area contributed by atoms with Crippen molar-refractivity contribution in [1.29, 1.82) is 0 Å². The number of aryl methyl sites for hydroxylation is 1. The fourth-order valence-corrected chi connectivity index (χ4v) is 3.77. The Morgan fingerprint density at radius 1 is 0.486 bits per heavy atom. The summed E-state index contributed by atoms with van der Waals surface area (Å²) in [6.07, 6.45) is 0. The largest absolute Gasteiger partial charge is 0.508 e. The van der Waals surface area contributed by atoms with Crippen molar-refractivity contribution in [2.45, 2.75) is 6.92 Å². The molecule has 0 spiro atoms. The van der Waals surface area contributed by atoms with Gasteiger partial charge in [-0.25, -0.2) is 0 Å². The SMILES string of the molecule is Cc1cccc(-c2cccc(O)c2)c1.Oc1cc(Nc2ccc(-c3ccccc3)cc2)c(O)c(O)c1O. The third-order valence-electron chi connectivity index (χ3n) is 5.70. The molecule has 0 unspecified atom stereocenters. The molecular formula is C31H27NO5. The van der Waals surface area contributed by atoms with E-state index in [0.717, 1.165) is 28.3 Å². The van der Waals surface area contributed by atoms with Crippen molar-refractivity contribution >= 4 is 11.4 Å². The van der Waals surface area contributed by atoms with Crippen LogP contribution in [0.25, 0.3) is 22.3 Å². The Morgan fingerprint density at radius 2 is 1.08 bits per heavy atom. The van der Waals surface area contributed by atoms with Gasteiger partial charge in [-0.3, -0.25) is 0 Å². The van der Waals surface area contributed by atoms with Crippen LogP contribution in [-0.2, 0) is 0 Å². The number of nitrogens with one attached hydrogen (secondary N) is 1. The number of aromatic hydroxyl groups is 5. The minimum Gasteiger partial charge on any atom is -0.508 e. The standard InChI is InChI=1S/C18H15NO4.C13H12O/c20-15-10-14(16(21)18(23)17(15)22)19-13-8-6-12(7-9-13)11-4-2-1-3-5-11;1-10-4-2-5-11(8-10)12-6-3-7-13(14)9-12/h1-10,19-23H;2-9,14H,1H3. The van der Waals surface area contributed by atoms with Crippen molar-refractivity contribution in [2.24, 2.45) is 0 Å². The van der Waals surface area contributed by atoms with Gasteiger partial charge in [0, 0.05) is 11.8 Å². The molecule has 0 atom stereocenters. The minimum absolute atomic E-state index is 0.0882. The zero-order chi connectivity index (χ0) is 26.4. The number of phenolic OH excluding ortho intramolecular Hbond substituents is 5.